The van der Waals surface area contributed by atoms with Crippen LogP contribution < -0.4 is 5.32 Å². The minimum Gasteiger partial charge on any atom is -0.356 e. The average molecular weight is 315 g/mol. The van der Waals surface area contributed by atoms with Crippen LogP contribution >= 0.6 is 0 Å². The van der Waals surface area contributed by atoms with E-state index in [4.69, 9.17) is 10.2 Å². The van der Waals surface area contributed by atoms with Crippen LogP contribution in [0, 0.1) is 17.7 Å². The zero-order valence-corrected chi connectivity index (χ0v) is 13.8. The van der Waals surface area contributed by atoms with Crippen molar-refractivity contribution in [2.45, 2.75) is 66.0 Å². The Labute approximate surface area is 138 Å². The molecule has 4 atom stereocenters. The molecule has 1 N–H and O–H groups in total. The molecular weight excluding hydrogens is 282 g/mol. The molecule has 1 aliphatic heterocycles. The number of hydrogen-bond donors (Lipinski definition) is 1. The van der Waals surface area contributed by atoms with Crippen molar-refractivity contribution in [3.63, 3.8) is 0 Å². The summed E-state index contributed by atoms with van der Waals surface area (Å²) in [6, 6.07) is 0. The number of epoxide rings is 1. The van der Waals surface area contributed by atoms with Crippen molar-refractivity contribution in [1.29, 1.82) is 0 Å². The van der Waals surface area contributed by atoms with E-state index in [2.05, 4.69) is 5.32 Å². The number of ether oxygens (including phenoxy) is 1. The van der Waals surface area contributed by atoms with Gasteiger partial charge < -0.3 is 10.1 Å². The molecule has 0 aromatic rings. The summed E-state index contributed by atoms with van der Waals surface area (Å²) < 4.78 is 35.0. The smallest absolute Gasteiger partial charge is 0.223 e. The second kappa shape index (κ2) is 8.42. The van der Waals surface area contributed by atoms with E-state index in [1.165, 1.54) is 13.8 Å². The molecule has 0 bridgehead atoms. The van der Waals surface area contributed by atoms with E-state index in [1.54, 1.807) is 0 Å². The van der Waals surface area contributed by atoms with Gasteiger partial charge in [-0.2, -0.15) is 0 Å². The number of rotatable bonds is 10. The molecule has 0 radical (unpaired) electrons. The van der Waals surface area contributed by atoms with Gasteiger partial charge in [0.05, 0.1) is 0 Å². The van der Waals surface area contributed by atoms with E-state index in [-0.39, 0.29) is 42.8 Å². The monoisotopic (exact) mass is 315 g/mol. The molecule has 0 saturated carbocycles. The van der Waals surface area contributed by atoms with Gasteiger partial charge in [0.25, 0.3) is 0 Å². The van der Waals surface area contributed by atoms with Crippen LogP contribution in [-0.2, 0) is 19.1 Å². The maximum Gasteiger partial charge on any atom is 0.223 e. The van der Waals surface area contributed by atoms with E-state index >= 15 is 0 Å². The zero-order chi connectivity index (χ0) is 20.3. The van der Waals surface area contributed by atoms with Gasteiger partial charge >= 0.3 is 0 Å². The molecule has 1 saturated heterocycles. The summed E-state index contributed by atoms with van der Waals surface area (Å²) in [5, 5.41) is 2.65. The summed E-state index contributed by atoms with van der Waals surface area (Å²) in [6.07, 6.45) is -0.978. The topological polar surface area (TPSA) is 75.8 Å². The van der Waals surface area contributed by atoms with Gasteiger partial charge in [0, 0.05) is 24.4 Å². The highest BCUT2D eigenvalue weighted by atomic mass is 16.6. The molecule has 126 valence electrons. The molecule has 1 unspecified atom stereocenters. The fourth-order valence-electron chi connectivity index (χ4n) is 2.39. The van der Waals surface area contributed by atoms with Crippen LogP contribution in [0.25, 0.3) is 0 Å². The van der Waals surface area contributed by atoms with Gasteiger partial charge in [0.1, 0.15) is 12.2 Å². The largest absolute Gasteiger partial charge is 0.356 e. The van der Waals surface area contributed by atoms with Crippen molar-refractivity contribution in [1.82, 2.24) is 5.32 Å². The third kappa shape index (κ3) is 6.26. The summed E-state index contributed by atoms with van der Waals surface area (Å²) in [6.45, 7) is 4.16. The van der Waals surface area contributed by atoms with Gasteiger partial charge in [0.2, 0.25) is 5.91 Å². The van der Waals surface area contributed by atoms with Crippen LogP contribution in [0.3, 0.4) is 0 Å². The minimum absolute atomic E-state index is 0.0180. The van der Waals surface area contributed by atoms with Gasteiger partial charge in [-0.05, 0) is 31.6 Å². The summed E-state index contributed by atoms with van der Waals surface area (Å²) >= 11 is 0. The summed E-state index contributed by atoms with van der Waals surface area (Å²) in [5.41, 5.74) is 0. The molecule has 1 fully saturated rings. The van der Waals surface area contributed by atoms with Crippen LogP contribution in [0.4, 0.5) is 0 Å². The predicted molar refractivity (Wildman–Crippen MR) is 84.4 cm³/mol. The molecule has 1 heterocycles. The Morgan fingerprint density at radius 2 is 1.95 bits per heavy atom. The lowest BCUT2D eigenvalue weighted by Crippen LogP contribution is -2.34. The first-order valence-corrected chi connectivity index (χ1v) is 7.72. The highest BCUT2D eigenvalue weighted by Gasteiger charge is 2.48. The number of carbonyl (C=O) groups excluding carboxylic acids is 3. The Hall–Kier alpha value is -1.23. The Balaban J connectivity index is 2.58. The fraction of sp³-hybridized carbons (Fsp3) is 0.824. The van der Waals surface area contributed by atoms with E-state index in [1.807, 2.05) is 13.8 Å². The second-order valence-corrected chi connectivity index (χ2v) is 6.41. The third-order valence-electron chi connectivity index (χ3n) is 3.58. The standard InChI is InChI=1S/C17H29NO4/c1-10(2)6-7-18-17(21)13(8-11(3)4)9-14(20)16-15(22-16)12(5)19/h10-11,13,15-16H,6-9H2,1-5H3,(H,18,21)/t13-,15-,16-/m1/s1/i1D3,10D/t10?,13-,15-,16-. The Morgan fingerprint density at radius 1 is 1.27 bits per heavy atom. The fourth-order valence-corrected chi connectivity index (χ4v) is 2.39. The maximum absolute atomic E-state index is 12.4. The first kappa shape index (κ1) is 13.2. The van der Waals surface area contributed by atoms with Crippen LogP contribution in [-0.4, -0.2) is 36.2 Å². The first-order valence-electron chi connectivity index (χ1n) is 9.72. The zero-order valence-electron chi connectivity index (χ0n) is 17.8. The SMILES string of the molecule is [2H]C([2H])([2H])C([2H])(C)CCNC(=O)[C@@H](CC(=O)[C@H]1O[C@@H]1C(C)=O)CC(C)C. The van der Waals surface area contributed by atoms with Crippen molar-refractivity contribution in [2.24, 2.45) is 17.7 Å². The van der Waals surface area contributed by atoms with E-state index in [0.717, 1.165) is 0 Å². The lowest BCUT2D eigenvalue weighted by molar-refractivity contribution is -0.130. The molecule has 0 aliphatic carbocycles. The first-order chi connectivity index (χ1) is 11.8. The van der Waals surface area contributed by atoms with Crippen LogP contribution in [0.5, 0.6) is 0 Å². The average Bonchev–Trinajstić information content (AvgIpc) is 3.25. The Morgan fingerprint density at radius 3 is 2.45 bits per heavy atom. The van der Waals surface area contributed by atoms with E-state index < -0.39 is 30.9 Å². The van der Waals surface area contributed by atoms with Crippen molar-refractivity contribution >= 4 is 17.5 Å². The molecule has 1 rings (SSSR count). The van der Waals surface area contributed by atoms with Gasteiger partial charge in [-0.3, -0.25) is 14.4 Å². The second-order valence-electron chi connectivity index (χ2n) is 6.41. The molecule has 5 heteroatoms. The molecule has 5 nitrogen and oxygen atoms in total. The Bertz CT molecular complexity index is 545. The molecule has 1 amide bonds. The highest BCUT2D eigenvalue weighted by Crippen LogP contribution is 2.27. The molecule has 1 aliphatic rings. The van der Waals surface area contributed by atoms with E-state index in [9.17, 15) is 14.4 Å². The number of carbonyl (C=O) groups is 3. The van der Waals surface area contributed by atoms with Crippen molar-refractivity contribution in [3.8, 4) is 0 Å². The molecule has 0 spiro atoms. The quantitative estimate of drug-likeness (QED) is 0.627. The van der Waals surface area contributed by atoms with Gasteiger partial charge in [-0.25, -0.2) is 0 Å². The van der Waals surface area contributed by atoms with E-state index in [0.29, 0.717) is 6.42 Å². The van der Waals surface area contributed by atoms with Crippen molar-refractivity contribution < 1.29 is 24.6 Å². The van der Waals surface area contributed by atoms with Crippen molar-refractivity contribution in [3.05, 3.63) is 0 Å². The van der Waals surface area contributed by atoms with Gasteiger partial charge in [-0.15, -0.1) is 0 Å². The van der Waals surface area contributed by atoms with Crippen LogP contribution in [0.2, 0.25) is 0 Å². The number of ketones is 2. The number of nitrogens with one attached hydrogen (secondary N) is 1. The molecule has 0 aromatic heterocycles. The Kier molecular flexibility index (Phi) is 5.06. The van der Waals surface area contributed by atoms with Crippen molar-refractivity contribution in [2.75, 3.05) is 6.54 Å². The minimum atomic E-state index is -2.43. The summed E-state index contributed by atoms with van der Waals surface area (Å²) in [5.74, 6) is -2.84. The van der Waals surface area contributed by atoms with Crippen LogP contribution in [0.15, 0.2) is 0 Å². The highest BCUT2D eigenvalue weighted by molar-refractivity contribution is 5.97. The normalized spacial score (nSPS) is 27.7. The number of amides is 1. The summed E-state index contributed by atoms with van der Waals surface area (Å²) in [4.78, 5) is 35.9. The lowest BCUT2D eigenvalue weighted by Gasteiger charge is -2.18. The van der Waals surface area contributed by atoms with Gasteiger partial charge in [-0.1, -0.05) is 27.6 Å². The third-order valence-corrected chi connectivity index (χ3v) is 3.58. The van der Waals surface area contributed by atoms with Crippen LogP contribution in [0.1, 0.15) is 59.3 Å². The lowest BCUT2D eigenvalue weighted by atomic mass is 9.90. The molecule has 0 aromatic carbocycles. The summed E-state index contributed by atoms with van der Waals surface area (Å²) in [7, 11) is 0. The molecular formula is C17H29NO4. The number of hydrogen-bond acceptors (Lipinski definition) is 4. The van der Waals surface area contributed by atoms with Gasteiger partial charge in [0.15, 0.2) is 11.6 Å². The number of Topliss-reactive ketones (excluding diaryl/α,β-unsaturated/α-hetero) is 2. The maximum atomic E-state index is 12.4. The molecule has 22 heavy (non-hydrogen) atoms. The predicted octanol–water partition coefficient (Wildman–Crippen LogP) is 2.13.